The first-order valence-electron chi connectivity index (χ1n) is 6.37. The van der Waals surface area contributed by atoms with Gasteiger partial charge in [0.2, 0.25) is 0 Å². The summed E-state index contributed by atoms with van der Waals surface area (Å²) >= 11 is 0. The molecule has 1 radical (unpaired) electrons. The maximum Gasteiger partial charge on any atom is 0.0408 e. The maximum absolute atomic E-state index is 4.44. The predicted octanol–water partition coefficient (Wildman–Crippen LogP) is 4.33. The summed E-state index contributed by atoms with van der Waals surface area (Å²) in [5, 5.41) is 0. The van der Waals surface area contributed by atoms with E-state index in [4.69, 9.17) is 0 Å². The van der Waals surface area contributed by atoms with Gasteiger partial charge in [0.05, 0.1) is 0 Å². The van der Waals surface area contributed by atoms with Crippen molar-refractivity contribution in [3.05, 3.63) is 6.66 Å². The third kappa shape index (κ3) is 4.31. The zero-order valence-electron chi connectivity index (χ0n) is 12.4. The highest BCUT2D eigenvalue weighted by Crippen LogP contribution is 2.48. The zero-order chi connectivity index (χ0) is 13.0. The lowest BCUT2D eigenvalue weighted by atomic mass is 10.3. The molecule has 0 atom stereocenters. The fourth-order valence-corrected chi connectivity index (χ4v) is 4.75. The Kier molecular flexibility index (Phi) is 7.09. The van der Waals surface area contributed by atoms with Crippen molar-refractivity contribution in [3.63, 3.8) is 0 Å². The molecule has 16 heavy (non-hydrogen) atoms. The zero-order valence-corrected chi connectivity index (χ0v) is 13.3. The first-order chi connectivity index (χ1) is 7.20. The lowest BCUT2D eigenvalue weighted by molar-refractivity contribution is 0.260. The molecule has 0 fully saturated rings. The van der Waals surface area contributed by atoms with E-state index in [0.717, 1.165) is 0 Å². The van der Waals surface area contributed by atoms with Crippen LogP contribution in [0.4, 0.5) is 0 Å². The van der Waals surface area contributed by atoms with Gasteiger partial charge in [-0.3, -0.25) is 9.34 Å². The van der Waals surface area contributed by atoms with E-state index in [1.54, 1.807) is 0 Å². The standard InChI is InChI=1S/C13H30N2P/c1-10(2)14(11(3)4)16(9)15(12(5)6)13(7)8/h10-13H,9H2,1-8H3. The van der Waals surface area contributed by atoms with Crippen molar-refractivity contribution >= 4 is 8.22 Å². The van der Waals surface area contributed by atoms with Gasteiger partial charge in [-0.15, -0.1) is 0 Å². The van der Waals surface area contributed by atoms with Gasteiger partial charge in [0.25, 0.3) is 0 Å². The molecule has 0 unspecified atom stereocenters. The number of hydrogen-bond acceptors (Lipinski definition) is 2. The van der Waals surface area contributed by atoms with E-state index in [-0.39, 0.29) is 0 Å². The topological polar surface area (TPSA) is 6.48 Å². The summed E-state index contributed by atoms with van der Waals surface area (Å²) in [6, 6.07) is 2.24. The summed E-state index contributed by atoms with van der Waals surface area (Å²) in [5.74, 6) is 0. The van der Waals surface area contributed by atoms with Crippen molar-refractivity contribution in [3.8, 4) is 0 Å². The SMILES string of the molecule is [CH2]P(N(C(C)C)C(C)C)N(C(C)C)C(C)C. The van der Waals surface area contributed by atoms with Gasteiger partial charge in [-0.05, 0) is 55.4 Å². The largest absolute Gasteiger partial charge is 0.265 e. The molecule has 0 aromatic rings. The Balaban J connectivity index is 4.88. The summed E-state index contributed by atoms with van der Waals surface area (Å²) in [6.07, 6.45) is 0. The molecule has 0 spiro atoms. The van der Waals surface area contributed by atoms with Crippen LogP contribution in [0, 0.1) is 6.66 Å². The van der Waals surface area contributed by atoms with Gasteiger partial charge in [-0.2, -0.15) is 0 Å². The second-order valence-electron chi connectivity index (χ2n) is 5.51. The summed E-state index contributed by atoms with van der Waals surface area (Å²) in [5.41, 5.74) is 0. The summed E-state index contributed by atoms with van der Waals surface area (Å²) < 4.78 is 5.07. The van der Waals surface area contributed by atoms with Gasteiger partial charge in [0, 0.05) is 39.1 Å². The van der Waals surface area contributed by atoms with E-state index in [9.17, 15) is 0 Å². The van der Waals surface area contributed by atoms with E-state index in [1.165, 1.54) is 0 Å². The fraction of sp³-hybridized carbons (Fsp3) is 0.923. The number of rotatable bonds is 6. The van der Waals surface area contributed by atoms with Gasteiger partial charge in [0.1, 0.15) is 0 Å². The normalized spacial score (nSPS) is 13.5. The molecule has 0 amide bonds. The fourth-order valence-electron chi connectivity index (χ4n) is 2.38. The van der Waals surface area contributed by atoms with Crippen molar-refractivity contribution in [2.75, 3.05) is 0 Å². The monoisotopic (exact) mass is 245 g/mol. The summed E-state index contributed by atoms with van der Waals surface area (Å²) in [4.78, 5) is 0. The molecule has 0 aromatic heterocycles. The van der Waals surface area contributed by atoms with Crippen LogP contribution >= 0.6 is 8.22 Å². The molecule has 0 aromatic carbocycles. The molecular weight excluding hydrogens is 215 g/mol. The smallest absolute Gasteiger partial charge is 0.0408 e. The van der Waals surface area contributed by atoms with E-state index < -0.39 is 8.22 Å². The Hall–Kier alpha value is 0.350. The Morgan fingerprint density at radius 2 is 0.812 bits per heavy atom. The van der Waals surface area contributed by atoms with E-state index in [0.29, 0.717) is 24.2 Å². The lowest BCUT2D eigenvalue weighted by Gasteiger charge is -2.45. The van der Waals surface area contributed by atoms with Crippen LogP contribution in [0.1, 0.15) is 55.4 Å². The quantitative estimate of drug-likeness (QED) is 0.643. The average molecular weight is 245 g/mol. The van der Waals surface area contributed by atoms with Crippen LogP contribution in [-0.4, -0.2) is 33.5 Å². The first-order valence-corrected chi connectivity index (χ1v) is 7.80. The molecule has 2 nitrogen and oxygen atoms in total. The molecule has 3 heteroatoms. The van der Waals surface area contributed by atoms with Crippen molar-refractivity contribution in [1.82, 2.24) is 9.34 Å². The Labute approximate surface area is 104 Å². The Morgan fingerprint density at radius 1 is 0.625 bits per heavy atom. The van der Waals surface area contributed by atoms with Gasteiger partial charge >= 0.3 is 0 Å². The van der Waals surface area contributed by atoms with Gasteiger partial charge in [-0.25, -0.2) is 0 Å². The molecular formula is C13H30N2P. The minimum Gasteiger partial charge on any atom is -0.265 e. The van der Waals surface area contributed by atoms with Crippen molar-refractivity contribution < 1.29 is 0 Å². The van der Waals surface area contributed by atoms with Crippen LogP contribution in [0.25, 0.3) is 0 Å². The molecule has 0 heterocycles. The van der Waals surface area contributed by atoms with Crippen LogP contribution in [0.15, 0.2) is 0 Å². The molecule has 0 bridgehead atoms. The van der Waals surface area contributed by atoms with Gasteiger partial charge in [0.15, 0.2) is 0 Å². The van der Waals surface area contributed by atoms with Crippen LogP contribution in [-0.2, 0) is 0 Å². The van der Waals surface area contributed by atoms with Crippen LogP contribution < -0.4 is 0 Å². The minimum atomic E-state index is -0.449. The second-order valence-corrected chi connectivity index (χ2v) is 7.18. The Bertz CT molecular complexity index is 154. The number of nitrogens with zero attached hydrogens (tertiary/aromatic N) is 2. The highest BCUT2D eigenvalue weighted by Gasteiger charge is 2.28. The average Bonchev–Trinajstić information content (AvgIpc) is 1.99. The second kappa shape index (κ2) is 6.93. The summed E-state index contributed by atoms with van der Waals surface area (Å²) in [6.45, 7) is 22.5. The van der Waals surface area contributed by atoms with Crippen LogP contribution in [0.3, 0.4) is 0 Å². The molecule has 0 aliphatic carbocycles. The molecule has 0 saturated carbocycles. The summed E-state index contributed by atoms with van der Waals surface area (Å²) in [7, 11) is -0.449. The van der Waals surface area contributed by atoms with Crippen LogP contribution in [0.5, 0.6) is 0 Å². The highest BCUT2D eigenvalue weighted by atomic mass is 31.1. The molecule has 0 aliphatic rings. The Morgan fingerprint density at radius 3 is 0.938 bits per heavy atom. The predicted molar refractivity (Wildman–Crippen MR) is 76.5 cm³/mol. The molecule has 0 saturated heterocycles. The van der Waals surface area contributed by atoms with Gasteiger partial charge < -0.3 is 0 Å². The van der Waals surface area contributed by atoms with E-state index in [1.807, 2.05) is 0 Å². The maximum atomic E-state index is 4.44. The van der Waals surface area contributed by atoms with Crippen molar-refractivity contribution in [2.24, 2.45) is 0 Å². The molecule has 0 aliphatic heterocycles. The van der Waals surface area contributed by atoms with Gasteiger partial charge in [-0.1, -0.05) is 0 Å². The van der Waals surface area contributed by atoms with E-state index in [2.05, 4.69) is 71.4 Å². The lowest BCUT2D eigenvalue weighted by Crippen LogP contribution is -2.41. The van der Waals surface area contributed by atoms with Crippen LogP contribution in [0.2, 0.25) is 0 Å². The van der Waals surface area contributed by atoms with Crippen molar-refractivity contribution in [1.29, 1.82) is 0 Å². The molecule has 0 N–H and O–H groups in total. The third-order valence-corrected chi connectivity index (χ3v) is 5.56. The highest BCUT2D eigenvalue weighted by molar-refractivity contribution is 7.54. The number of hydrogen-bond donors (Lipinski definition) is 0. The first kappa shape index (κ1) is 16.4. The third-order valence-electron chi connectivity index (χ3n) is 2.65. The molecule has 97 valence electrons. The van der Waals surface area contributed by atoms with Crippen molar-refractivity contribution in [2.45, 2.75) is 79.6 Å². The molecule has 0 rings (SSSR count). The van der Waals surface area contributed by atoms with E-state index >= 15 is 0 Å². The minimum absolute atomic E-state index is 0.449.